The van der Waals surface area contributed by atoms with Crippen molar-refractivity contribution in [2.75, 3.05) is 0 Å². The number of rotatable bonds is 2. The smallest absolute Gasteiger partial charge is 0.145 e. The summed E-state index contributed by atoms with van der Waals surface area (Å²) in [5, 5.41) is 0. The molecule has 0 radical (unpaired) electrons. The maximum Gasteiger partial charge on any atom is 0.145 e. The van der Waals surface area contributed by atoms with Crippen LogP contribution in [-0.2, 0) is 4.79 Å². The third-order valence-corrected chi connectivity index (χ3v) is 3.95. The summed E-state index contributed by atoms with van der Waals surface area (Å²) in [6.45, 7) is 8.08. The molecule has 0 unspecified atom stereocenters. The number of carbonyl (C=O) groups excluding carboxylic acids is 1. The number of fused-ring (bicyclic) bond motifs is 1. The highest BCUT2D eigenvalue weighted by Crippen LogP contribution is 2.45. The lowest BCUT2D eigenvalue weighted by atomic mass is 9.64. The van der Waals surface area contributed by atoms with E-state index < -0.39 is 0 Å². The normalized spacial score (nSPS) is 35.3. The molecule has 0 spiro atoms. The SMILES string of the molecule is C=C[C@H]1CCC(=C)[C@H]2CC=C(C=O)C[C@@H]21. The van der Waals surface area contributed by atoms with Crippen LogP contribution in [0.4, 0.5) is 0 Å². The van der Waals surface area contributed by atoms with E-state index in [2.05, 4.69) is 25.3 Å². The molecule has 80 valence electrons. The second-order valence-electron chi connectivity index (χ2n) is 4.70. The van der Waals surface area contributed by atoms with Crippen molar-refractivity contribution in [1.82, 2.24) is 0 Å². The molecule has 15 heavy (non-hydrogen) atoms. The number of allylic oxidation sites excluding steroid dienone is 4. The van der Waals surface area contributed by atoms with Gasteiger partial charge in [-0.15, -0.1) is 6.58 Å². The van der Waals surface area contributed by atoms with Crippen LogP contribution in [0.3, 0.4) is 0 Å². The van der Waals surface area contributed by atoms with E-state index in [1.165, 1.54) is 5.57 Å². The molecular weight excluding hydrogens is 184 g/mol. The molecule has 1 nitrogen and oxygen atoms in total. The van der Waals surface area contributed by atoms with Crippen LogP contribution in [0.15, 0.2) is 36.5 Å². The highest BCUT2D eigenvalue weighted by atomic mass is 16.1. The Hall–Kier alpha value is -1.11. The predicted molar refractivity (Wildman–Crippen MR) is 62.4 cm³/mol. The van der Waals surface area contributed by atoms with Crippen molar-refractivity contribution in [3.63, 3.8) is 0 Å². The topological polar surface area (TPSA) is 17.1 Å². The predicted octanol–water partition coefficient (Wildman–Crippen LogP) is 3.29. The molecule has 0 heterocycles. The van der Waals surface area contributed by atoms with Gasteiger partial charge in [0.15, 0.2) is 0 Å². The summed E-state index contributed by atoms with van der Waals surface area (Å²) in [6.07, 6.45) is 9.37. The third-order valence-electron chi connectivity index (χ3n) is 3.95. The number of carbonyl (C=O) groups is 1. The lowest BCUT2D eigenvalue weighted by Crippen LogP contribution is -2.31. The van der Waals surface area contributed by atoms with Gasteiger partial charge in [-0.05, 0) is 49.0 Å². The summed E-state index contributed by atoms with van der Waals surface area (Å²) in [5.41, 5.74) is 2.34. The van der Waals surface area contributed by atoms with E-state index in [-0.39, 0.29) is 0 Å². The Bertz CT molecular complexity index is 324. The summed E-state index contributed by atoms with van der Waals surface area (Å²) in [7, 11) is 0. The van der Waals surface area contributed by atoms with Crippen molar-refractivity contribution in [3.05, 3.63) is 36.5 Å². The molecule has 0 bridgehead atoms. The first-order valence-corrected chi connectivity index (χ1v) is 5.70. The minimum atomic E-state index is 0.573. The van der Waals surface area contributed by atoms with Crippen LogP contribution in [0.5, 0.6) is 0 Å². The first kappa shape index (κ1) is 10.4. The van der Waals surface area contributed by atoms with Gasteiger partial charge in [0.05, 0.1) is 0 Å². The Morgan fingerprint density at radius 3 is 2.93 bits per heavy atom. The standard InChI is InChI=1S/C14H18O/c1-3-12-6-4-10(2)13-7-5-11(9-15)8-14(12)13/h3,5,9,12-14H,1-2,4,6-8H2/t12-,13+,14+/m0/s1. The van der Waals surface area contributed by atoms with Gasteiger partial charge >= 0.3 is 0 Å². The fraction of sp³-hybridized carbons (Fsp3) is 0.500. The first-order chi connectivity index (χ1) is 7.26. The Kier molecular flexibility index (Phi) is 2.90. The van der Waals surface area contributed by atoms with E-state index in [0.29, 0.717) is 17.8 Å². The van der Waals surface area contributed by atoms with Gasteiger partial charge in [0.25, 0.3) is 0 Å². The summed E-state index contributed by atoms with van der Waals surface area (Å²) >= 11 is 0. The lowest BCUT2D eigenvalue weighted by molar-refractivity contribution is -0.105. The van der Waals surface area contributed by atoms with E-state index in [1.54, 1.807) is 0 Å². The molecule has 0 aromatic rings. The molecule has 0 aromatic carbocycles. The van der Waals surface area contributed by atoms with Gasteiger partial charge in [-0.1, -0.05) is 24.3 Å². The Labute approximate surface area is 91.6 Å². The zero-order valence-corrected chi connectivity index (χ0v) is 9.11. The Morgan fingerprint density at radius 2 is 2.27 bits per heavy atom. The van der Waals surface area contributed by atoms with Crippen molar-refractivity contribution in [3.8, 4) is 0 Å². The molecule has 0 N–H and O–H groups in total. The number of aldehydes is 1. The molecule has 0 saturated heterocycles. The monoisotopic (exact) mass is 202 g/mol. The van der Waals surface area contributed by atoms with E-state index in [4.69, 9.17) is 0 Å². The maximum absolute atomic E-state index is 10.8. The zero-order chi connectivity index (χ0) is 10.8. The largest absolute Gasteiger partial charge is 0.298 e. The minimum absolute atomic E-state index is 0.573. The van der Waals surface area contributed by atoms with Crippen LogP contribution in [0.2, 0.25) is 0 Å². The quantitative estimate of drug-likeness (QED) is 0.496. The van der Waals surface area contributed by atoms with Crippen molar-refractivity contribution < 1.29 is 4.79 Å². The molecule has 2 aliphatic carbocycles. The molecule has 2 rings (SSSR count). The highest BCUT2D eigenvalue weighted by molar-refractivity contribution is 5.73. The van der Waals surface area contributed by atoms with Gasteiger partial charge in [-0.3, -0.25) is 4.79 Å². The molecule has 1 heteroatoms. The fourth-order valence-electron chi connectivity index (χ4n) is 3.01. The second kappa shape index (κ2) is 4.18. The van der Waals surface area contributed by atoms with Crippen molar-refractivity contribution in [1.29, 1.82) is 0 Å². The highest BCUT2D eigenvalue weighted by Gasteiger charge is 2.35. The van der Waals surface area contributed by atoms with Gasteiger partial charge in [0, 0.05) is 0 Å². The molecule has 0 aromatic heterocycles. The summed E-state index contributed by atoms with van der Waals surface area (Å²) in [6, 6.07) is 0. The summed E-state index contributed by atoms with van der Waals surface area (Å²) < 4.78 is 0. The number of hydrogen-bond donors (Lipinski definition) is 0. The van der Waals surface area contributed by atoms with E-state index >= 15 is 0 Å². The average Bonchev–Trinajstić information content (AvgIpc) is 2.29. The van der Waals surface area contributed by atoms with Gasteiger partial charge in [0.1, 0.15) is 6.29 Å². The molecule has 3 atom stereocenters. The molecule has 1 saturated carbocycles. The van der Waals surface area contributed by atoms with Gasteiger partial charge in [0.2, 0.25) is 0 Å². The third kappa shape index (κ3) is 1.83. The summed E-state index contributed by atoms with van der Waals surface area (Å²) in [4.78, 5) is 10.8. The first-order valence-electron chi connectivity index (χ1n) is 5.70. The van der Waals surface area contributed by atoms with Crippen LogP contribution < -0.4 is 0 Å². The van der Waals surface area contributed by atoms with Gasteiger partial charge < -0.3 is 0 Å². The molecule has 2 aliphatic rings. The Morgan fingerprint density at radius 1 is 1.47 bits per heavy atom. The van der Waals surface area contributed by atoms with E-state index in [0.717, 1.165) is 37.5 Å². The van der Waals surface area contributed by atoms with E-state index in [9.17, 15) is 4.79 Å². The van der Waals surface area contributed by atoms with E-state index in [1.807, 2.05) is 0 Å². The van der Waals surface area contributed by atoms with Crippen LogP contribution in [0.25, 0.3) is 0 Å². The summed E-state index contributed by atoms with van der Waals surface area (Å²) in [5.74, 6) is 1.74. The number of hydrogen-bond acceptors (Lipinski definition) is 1. The Balaban J connectivity index is 2.23. The van der Waals surface area contributed by atoms with Crippen molar-refractivity contribution in [2.24, 2.45) is 17.8 Å². The lowest BCUT2D eigenvalue weighted by Gasteiger charge is -2.40. The van der Waals surface area contributed by atoms with Gasteiger partial charge in [-0.25, -0.2) is 0 Å². The van der Waals surface area contributed by atoms with Crippen LogP contribution in [0.1, 0.15) is 25.7 Å². The van der Waals surface area contributed by atoms with Crippen LogP contribution in [0, 0.1) is 17.8 Å². The second-order valence-corrected chi connectivity index (χ2v) is 4.70. The van der Waals surface area contributed by atoms with Gasteiger partial charge in [-0.2, -0.15) is 0 Å². The van der Waals surface area contributed by atoms with Crippen LogP contribution in [-0.4, -0.2) is 6.29 Å². The zero-order valence-electron chi connectivity index (χ0n) is 9.11. The van der Waals surface area contributed by atoms with Crippen LogP contribution >= 0.6 is 0 Å². The van der Waals surface area contributed by atoms with Crippen molar-refractivity contribution >= 4 is 6.29 Å². The average molecular weight is 202 g/mol. The molecule has 1 fully saturated rings. The molecule has 0 aliphatic heterocycles. The fourth-order valence-corrected chi connectivity index (χ4v) is 3.01. The minimum Gasteiger partial charge on any atom is -0.298 e. The molecule has 0 amide bonds. The van der Waals surface area contributed by atoms with Crippen molar-refractivity contribution in [2.45, 2.75) is 25.7 Å². The molecular formula is C14H18O. The maximum atomic E-state index is 10.8.